The Labute approximate surface area is 120 Å². The second kappa shape index (κ2) is 6.19. The molecule has 0 saturated carbocycles. The fourth-order valence-electron chi connectivity index (χ4n) is 1.76. The average Bonchev–Trinajstić information content (AvgIpc) is 2.47. The number of benzene rings is 1. The maximum Gasteiger partial charge on any atom is 0.273 e. The summed E-state index contributed by atoms with van der Waals surface area (Å²) >= 11 is 0. The molecule has 0 spiro atoms. The number of ether oxygens (including phenoxy) is 2. The van der Waals surface area contributed by atoms with Gasteiger partial charge in [0.05, 0.1) is 24.2 Å². The monoisotopic (exact) mass is 290 g/mol. The van der Waals surface area contributed by atoms with Crippen molar-refractivity contribution in [2.45, 2.75) is 13.0 Å². The predicted octanol–water partition coefficient (Wildman–Crippen LogP) is 2.84. The van der Waals surface area contributed by atoms with Crippen molar-refractivity contribution in [1.29, 1.82) is 0 Å². The number of aliphatic hydroxyl groups excluding tert-OH is 1. The molecule has 1 aromatic carbocycles. The third-order valence-corrected chi connectivity index (χ3v) is 2.82. The fourth-order valence-corrected chi connectivity index (χ4v) is 1.76. The van der Waals surface area contributed by atoms with Crippen LogP contribution in [0.1, 0.15) is 18.6 Å². The highest BCUT2D eigenvalue weighted by Crippen LogP contribution is 2.35. The van der Waals surface area contributed by atoms with Gasteiger partial charge in [0.2, 0.25) is 5.88 Å². The summed E-state index contributed by atoms with van der Waals surface area (Å²) in [5.74, 6) is 0.717. The van der Waals surface area contributed by atoms with Crippen molar-refractivity contribution in [2.24, 2.45) is 0 Å². The first-order chi connectivity index (χ1) is 10.0. The Hall–Kier alpha value is -2.67. The van der Waals surface area contributed by atoms with E-state index < -0.39 is 11.0 Å². The number of hydrogen-bond donors (Lipinski definition) is 1. The molecule has 21 heavy (non-hydrogen) atoms. The molecule has 110 valence electrons. The van der Waals surface area contributed by atoms with Crippen LogP contribution in [0.3, 0.4) is 0 Å². The molecule has 1 aromatic heterocycles. The van der Waals surface area contributed by atoms with E-state index in [9.17, 15) is 15.2 Å². The molecule has 0 saturated heterocycles. The van der Waals surface area contributed by atoms with Crippen LogP contribution in [0, 0.1) is 10.1 Å². The van der Waals surface area contributed by atoms with Gasteiger partial charge in [0, 0.05) is 17.8 Å². The highest BCUT2D eigenvalue weighted by molar-refractivity contribution is 5.50. The van der Waals surface area contributed by atoms with Crippen molar-refractivity contribution in [2.75, 3.05) is 7.11 Å². The molecule has 7 heteroatoms. The summed E-state index contributed by atoms with van der Waals surface area (Å²) < 4.78 is 10.7. The Kier molecular flexibility index (Phi) is 4.34. The highest BCUT2D eigenvalue weighted by atomic mass is 16.6. The number of nitrogens with zero attached hydrogens (tertiary/aromatic N) is 2. The van der Waals surface area contributed by atoms with Gasteiger partial charge in [-0.3, -0.25) is 10.1 Å². The van der Waals surface area contributed by atoms with Crippen LogP contribution in [0.2, 0.25) is 0 Å². The Morgan fingerprint density at radius 1 is 1.33 bits per heavy atom. The van der Waals surface area contributed by atoms with Crippen molar-refractivity contribution < 1.29 is 19.5 Å². The van der Waals surface area contributed by atoms with Gasteiger partial charge in [0.15, 0.2) is 11.5 Å². The first-order valence-electron chi connectivity index (χ1n) is 6.16. The summed E-state index contributed by atoms with van der Waals surface area (Å²) in [4.78, 5) is 14.3. The first-order valence-corrected chi connectivity index (χ1v) is 6.16. The van der Waals surface area contributed by atoms with E-state index in [0.717, 1.165) is 0 Å². The van der Waals surface area contributed by atoms with E-state index in [2.05, 4.69) is 4.98 Å². The molecule has 1 heterocycles. The SMILES string of the molecule is COc1cc([N+](=O)[O-])ccc1Oc1ncccc1[C@H](C)O. The maximum atomic E-state index is 10.7. The fraction of sp³-hybridized carbons (Fsp3) is 0.214. The number of non-ortho nitro benzene ring substituents is 1. The van der Waals surface area contributed by atoms with E-state index in [-0.39, 0.29) is 23.1 Å². The van der Waals surface area contributed by atoms with Crippen molar-refractivity contribution in [1.82, 2.24) is 4.98 Å². The molecule has 0 bridgehead atoms. The number of nitro groups is 1. The van der Waals surface area contributed by atoms with Crippen LogP contribution < -0.4 is 9.47 Å². The van der Waals surface area contributed by atoms with Crippen molar-refractivity contribution in [3.8, 4) is 17.4 Å². The lowest BCUT2D eigenvalue weighted by Gasteiger charge is -2.13. The minimum Gasteiger partial charge on any atom is -0.493 e. The zero-order valence-corrected chi connectivity index (χ0v) is 11.5. The molecule has 0 unspecified atom stereocenters. The summed E-state index contributed by atoms with van der Waals surface area (Å²) in [6.07, 6.45) is 0.775. The molecule has 0 aliphatic carbocycles. The lowest BCUT2D eigenvalue weighted by Crippen LogP contribution is -1.99. The number of hydrogen-bond acceptors (Lipinski definition) is 6. The van der Waals surface area contributed by atoms with E-state index in [0.29, 0.717) is 5.56 Å². The average molecular weight is 290 g/mol. The third-order valence-electron chi connectivity index (χ3n) is 2.82. The summed E-state index contributed by atoms with van der Waals surface area (Å²) in [7, 11) is 1.39. The quantitative estimate of drug-likeness (QED) is 0.672. The molecule has 7 nitrogen and oxygen atoms in total. The van der Waals surface area contributed by atoms with Gasteiger partial charge in [-0.1, -0.05) is 0 Å². The van der Waals surface area contributed by atoms with Crippen LogP contribution in [0.15, 0.2) is 36.5 Å². The standard InChI is InChI=1S/C14H14N2O5/c1-9(17)11-4-3-7-15-14(11)21-12-6-5-10(16(18)19)8-13(12)20-2/h3-9,17H,1-2H3/t9-/m0/s1. The molecule has 0 aliphatic rings. The Morgan fingerprint density at radius 3 is 2.71 bits per heavy atom. The molecular weight excluding hydrogens is 276 g/mol. The second-order valence-electron chi connectivity index (χ2n) is 4.27. The highest BCUT2D eigenvalue weighted by Gasteiger charge is 2.16. The van der Waals surface area contributed by atoms with E-state index >= 15 is 0 Å². The zero-order valence-electron chi connectivity index (χ0n) is 11.5. The Balaban J connectivity index is 2.38. The van der Waals surface area contributed by atoms with Crippen molar-refractivity contribution >= 4 is 5.69 Å². The van der Waals surface area contributed by atoms with Crippen LogP contribution in [0.4, 0.5) is 5.69 Å². The normalized spacial score (nSPS) is 11.8. The molecule has 0 radical (unpaired) electrons. The lowest BCUT2D eigenvalue weighted by molar-refractivity contribution is -0.384. The first kappa shape index (κ1) is 14.7. The number of rotatable bonds is 5. The molecule has 0 amide bonds. The maximum absolute atomic E-state index is 10.7. The number of pyridine rings is 1. The minimum atomic E-state index is -0.752. The molecule has 0 fully saturated rings. The molecule has 2 aromatic rings. The number of methoxy groups -OCH3 is 1. The number of aromatic nitrogens is 1. The van der Waals surface area contributed by atoms with Gasteiger partial charge < -0.3 is 14.6 Å². The van der Waals surface area contributed by atoms with Crippen LogP contribution in [-0.2, 0) is 0 Å². The van der Waals surface area contributed by atoms with Crippen LogP contribution >= 0.6 is 0 Å². The Morgan fingerprint density at radius 2 is 2.10 bits per heavy atom. The summed E-state index contributed by atoms with van der Waals surface area (Å²) in [6, 6.07) is 7.37. The molecule has 2 rings (SSSR count). The largest absolute Gasteiger partial charge is 0.493 e. The van der Waals surface area contributed by atoms with Gasteiger partial charge in [-0.2, -0.15) is 0 Å². The van der Waals surface area contributed by atoms with Gasteiger partial charge in [-0.05, 0) is 25.1 Å². The van der Waals surface area contributed by atoms with E-state index in [1.54, 1.807) is 19.1 Å². The second-order valence-corrected chi connectivity index (χ2v) is 4.27. The third kappa shape index (κ3) is 3.26. The lowest BCUT2D eigenvalue weighted by atomic mass is 10.2. The van der Waals surface area contributed by atoms with Gasteiger partial charge in [0.25, 0.3) is 5.69 Å². The minimum absolute atomic E-state index is 0.101. The smallest absolute Gasteiger partial charge is 0.273 e. The predicted molar refractivity (Wildman–Crippen MR) is 74.6 cm³/mol. The van der Waals surface area contributed by atoms with E-state index in [1.165, 1.54) is 31.5 Å². The van der Waals surface area contributed by atoms with Crippen molar-refractivity contribution in [3.05, 3.63) is 52.2 Å². The summed E-state index contributed by atoms with van der Waals surface area (Å²) in [5, 5.41) is 20.4. The van der Waals surface area contributed by atoms with Gasteiger partial charge in [-0.15, -0.1) is 0 Å². The van der Waals surface area contributed by atoms with E-state index in [1.807, 2.05) is 0 Å². The van der Waals surface area contributed by atoms with Crippen LogP contribution in [0.25, 0.3) is 0 Å². The molecule has 1 N–H and O–H groups in total. The van der Waals surface area contributed by atoms with Gasteiger partial charge >= 0.3 is 0 Å². The zero-order chi connectivity index (χ0) is 15.4. The van der Waals surface area contributed by atoms with E-state index in [4.69, 9.17) is 9.47 Å². The Bertz CT molecular complexity index is 658. The molecule has 0 aliphatic heterocycles. The van der Waals surface area contributed by atoms with Gasteiger partial charge in [0.1, 0.15) is 0 Å². The molecule has 1 atom stereocenters. The van der Waals surface area contributed by atoms with Gasteiger partial charge in [-0.25, -0.2) is 4.98 Å². The van der Waals surface area contributed by atoms with Crippen LogP contribution in [0.5, 0.6) is 17.4 Å². The summed E-state index contributed by atoms with van der Waals surface area (Å²) in [5.41, 5.74) is 0.411. The number of aliphatic hydroxyl groups is 1. The molecular formula is C14H14N2O5. The summed E-state index contributed by atoms with van der Waals surface area (Å²) in [6.45, 7) is 1.59. The van der Waals surface area contributed by atoms with Crippen LogP contribution in [-0.4, -0.2) is 22.1 Å². The number of nitro benzene ring substituents is 1. The van der Waals surface area contributed by atoms with Crippen molar-refractivity contribution in [3.63, 3.8) is 0 Å². The topological polar surface area (TPSA) is 94.7 Å².